The molecule has 1 aromatic carbocycles. The number of benzene rings is 1. The lowest BCUT2D eigenvalue weighted by Gasteiger charge is -2.40. The Bertz CT molecular complexity index is 430. The van der Waals surface area contributed by atoms with Gasteiger partial charge in [0.25, 0.3) is 0 Å². The molecule has 0 bridgehead atoms. The minimum absolute atomic E-state index is 0.0290. The normalized spacial score (nSPS) is 30.6. The molecule has 0 amide bonds. The molecule has 116 valence electrons. The van der Waals surface area contributed by atoms with Gasteiger partial charge < -0.3 is 10.4 Å². The molecule has 0 aliphatic carbocycles. The van der Waals surface area contributed by atoms with Crippen molar-refractivity contribution < 1.29 is 5.11 Å². The van der Waals surface area contributed by atoms with E-state index in [1.165, 1.54) is 31.4 Å². The van der Waals surface area contributed by atoms with Crippen molar-refractivity contribution >= 4 is 0 Å². The first-order chi connectivity index (χ1) is 10.3. The highest BCUT2D eigenvalue weighted by Crippen LogP contribution is 2.33. The van der Waals surface area contributed by atoms with Gasteiger partial charge in [0.15, 0.2) is 0 Å². The van der Waals surface area contributed by atoms with Gasteiger partial charge in [-0.05, 0) is 63.2 Å². The van der Waals surface area contributed by atoms with Gasteiger partial charge >= 0.3 is 0 Å². The van der Waals surface area contributed by atoms with E-state index in [2.05, 4.69) is 40.5 Å². The van der Waals surface area contributed by atoms with Crippen LogP contribution >= 0.6 is 0 Å². The summed E-state index contributed by atoms with van der Waals surface area (Å²) >= 11 is 0. The number of nitrogens with zero attached hydrogens (tertiary/aromatic N) is 1. The zero-order valence-corrected chi connectivity index (χ0v) is 12.9. The Morgan fingerprint density at radius 1 is 1.24 bits per heavy atom. The number of aliphatic hydroxyl groups excluding tert-OH is 1. The second kappa shape index (κ2) is 6.91. The first-order valence-corrected chi connectivity index (χ1v) is 8.43. The van der Waals surface area contributed by atoms with Crippen molar-refractivity contribution in [1.29, 1.82) is 0 Å². The molecular weight excluding hydrogens is 260 g/mol. The van der Waals surface area contributed by atoms with E-state index >= 15 is 0 Å². The van der Waals surface area contributed by atoms with E-state index in [4.69, 9.17) is 0 Å². The van der Waals surface area contributed by atoms with Crippen molar-refractivity contribution in [3.8, 4) is 0 Å². The maximum atomic E-state index is 10.1. The number of nitrogens with one attached hydrogen (secondary N) is 1. The van der Waals surface area contributed by atoms with Crippen LogP contribution in [0.15, 0.2) is 30.3 Å². The summed E-state index contributed by atoms with van der Waals surface area (Å²) in [6.45, 7) is 4.88. The zero-order valence-electron chi connectivity index (χ0n) is 12.9. The van der Waals surface area contributed by atoms with Gasteiger partial charge in [0.1, 0.15) is 0 Å². The fourth-order valence-corrected chi connectivity index (χ4v) is 4.08. The van der Waals surface area contributed by atoms with Crippen molar-refractivity contribution in [2.45, 2.75) is 37.6 Å². The van der Waals surface area contributed by atoms with Gasteiger partial charge in [-0.3, -0.25) is 4.90 Å². The summed E-state index contributed by atoms with van der Waals surface area (Å²) in [5.74, 6) is 0.749. The first-order valence-electron chi connectivity index (χ1n) is 8.43. The number of aliphatic hydroxyl groups is 1. The zero-order chi connectivity index (χ0) is 14.5. The highest BCUT2D eigenvalue weighted by Gasteiger charge is 2.41. The highest BCUT2D eigenvalue weighted by atomic mass is 16.3. The fraction of sp³-hybridized carbons (Fsp3) is 0.667. The van der Waals surface area contributed by atoms with Crippen LogP contribution in [-0.4, -0.2) is 48.3 Å². The summed E-state index contributed by atoms with van der Waals surface area (Å²) in [5, 5.41) is 13.6. The van der Waals surface area contributed by atoms with Gasteiger partial charge in [0, 0.05) is 12.1 Å². The molecule has 2 aliphatic heterocycles. The molecule has 0 aromatic heterocycles. The summed E-state index contributed by atoms with van der Waals surface area (Å²) in [6.07, 6.45) is 5.94. The van der Waals surface area contributed by atoms with Gasteiger partial charge in [0.2, 0.25) is 0 Å². The summed E-state index contributed by atoms with van der Waals surface area (Å²) < 4.78 is 0. The Morgan fingerprint density at radius 2 is 2.10 bits per heavy atom. The number of hydrogen-bond donors (Lipinski definition) is 2. The lowest BCUT2D eigenvalue weighted by Crippen LogP contribution is -2.51. The molecule has 21 heavy (non-hydrogen) atoms. The monoisotopic (exact) mass is 288 g/mol. The predicted octanol–water partition coefficient (Wildman–Crippen LogP) is 2.06. The molecule has 3 heteroatoms. The number of piperidine rings is 1. The van der Waals surface area contributed by atoms with Crippen LogP contribution in [0.4, 0.5) is 0 Å². The topological polar surface area (TPSA) is 35.5 Å². The van der Waals surface area contributed by atoms with Crippen molar-refractivity contribution in [1.82, 2.24) is 10.2 Å². The van der Waals surface area contributed by atoms with Crippen LogP contribution in [0.25, 0.3) is 0 Å². The van der Waals surface area contributed by atoms with Crippen LogP contribution in [0.2, 0.25) is 0 Å². The molecule has 2 N–H and O–H groups in total. The van der Waals surface area contributed by atoms with Gasteiger partial charge in [-0.25, -0.2) is 0 Å². The smallest absolute Gasteiger partial charge is 0.0618 e. The van der Waals surface area contributed by atoms with E-state index in [9.17, 15) is 5.11 Å². The molecule has 2 aliphatic rings. The largest absolute Gasteiger partial charge is 0.394 e. The minimum atomic E-state index is -0.0290. The van der Waals surface area contributed by atoms with Crippen molar-refractivity contribution in [3.05, 3.63) is 35.9 Å². The standard InChI is InChI=1S/C18H28N2O/c21-15-18(12-16-6-2-1-3-7-16)9-5-11-20(18)14-17-8-4-10-19-13-17/h1-3,6-7,17,19,21H,4-5,8-15H2. The Kier molecular flexibility index (Phi) is 4.94. The molecule has 3 nitrogen and oxygen atoms in total. The molecule has 2 atom stereocenters. The summed E-state index contributed by atoms with van der Waals surface area (Å²) in [5.41, 5.74) is 1.32. The second-order valence-electron chi connectivity index (χ2n) is 6.81. The van der Waals surface area contributed by atoms with Crippen LogP contribution < -0.4 is 5.32 Å². The van der Waals surface area contributed by atoms with E-state index in [0.29, 0.717) is 0 Å². The van der Waals surface area contributed by atoms with Crippen LogP contribution in [-0.2, 0) is 6.42 Å². The lowest BCUT2D eigenvalue weighted by atomic mass is 9.87. The first kappa shape index (κ1) is 15.0. The Labute approximate surface area is 128 Å². The fourth-order valence-electron chi connectivity index (χ4n) is 4.08. The molecule has 1 aromatic rings. The SMILES string of the molecule is OCC1(Cc2ccccc2)CCCN1CC1CCCNC1. The van der Waals surface area contributed by atoms with E-state index in [1.807, 2.05) is 0 Å². The quantitative estimate of drug-likeness (QED) is 0.870. The number of likely N-dealkylation sites (tertiary alicyclic amines) is 1. The maximum Gasteiger partial charge on any atom is 0.0618 e. The molecule has 0 spiro atoms. The van der Waals surface area contributed by atoms with E-state index in [-0.39, 0.29) is 12.1 Å². The van der Waals surface area contributed by atoms with Gasteiger partial charge in [-0.2, -0.15) is 0 Å². The Hall–Kier alpha value is -0.900. The summed E-state index contributed by atoms with van der Waals surface area (Å²) in [4.78, 5) is 2.58. The van der Waals surface area contributed by atoms with E-state index in [1.54, 1.807) is 0 Å². The molecule has 2 saturated heterocycles. The van der Waals surface area contributed by atoms with Gasteiger partial charge in [0.05, 0.1) is 6.61 Å². The van der Waals surface area contributed by atoms with Gasteiger partial charge in [-0.15, -0.1) is 0 Å². The molecule has 0 radical (unpaired) electrons. The minimum Gasteiger partial charge on any atom is -0.394 e. The van der Waals surface area contributed by atoms with Crippen LogP contribution in [0.5, 0.6) is 0 Å². The average molecular weight is 288 g/mol. The number of hydrogen-bond acceptors (Lipinski definition) is 3. The molecule has 2 unspecified atom stereocenters. The Morgan fingerprint density at radius 3 is 2.81 bits per heavy atom. The second-order valence-corrected chi connectivity index (χ2v) is 6.81. The molecule has 2 fully saturated rings. The van der Waals surface area contributed by atoms with Crippen molar-refractivity contribution in [3.63, 3.8) is 0 Å². The summed E-state index contributed by atoms with van der Waals surface area (Å²) in [7, 11) is 0. The molecule has 3 rings (SSSR count). The van der Waals surface area contributed by atoms with Gasteiger partial charge in [-0.1, -0.05) is 30.3 Å². The third-order valence-electron chi connectivity index (χ3n) is 5.29. The van der Waals surface area contributed by atoms with Crippen LogP contribution in [0.1, 0.15) is 31.2 Å². The highest BCUT2D eigenvalue weighted by molar-refractivity contribution is 5.19. The third kappa shape index (κ3) is 3.47. The van der Waals surface area contributed by atoms with Crippen molar-refractivity contribution in [2.75, 3.05) is 32.8 Å². The van der Waals surface area contributed by atoms with E-state index in [0.717, 1.165) is 38.4 Å². The molecule has 0 saturated carbocycles. The number of rotatable bonds is 5. The molecular formula is C18H28N2O. The van der Waals surface area contributed by atoms with Crippen LogP contribution in [0, 0.1) is 5.92 Å². The maximum absolute atomic E-state index is 10.1. The Balaban J connectivity index is 1.69. The van der Waals surface area contributed by atoms with Crippen LogP contribution in [0.3, 0.4) is 0 Å². The third-order valence-corrected chi connectivity index (χ3v) is 5.29. The lowest BCUT2D eigenvalue weighted by molar-refractivity contribution is 0.0488. The average Bonchev–Trinajstić information content (AvgIpc) is 2.92. The van der Waals surface area contributed by atoms with E-state index < -0.39 is 0 Å². The predicted molar refractivity (Wildman–Crippen MR) is 86.4 cm³/mol. The molecule has 2 heterocycles. The summed E-state index contributed by atoms with van der Waals surface area (Å²) in [6, 6.07) is 10.6. The van der Waals surface area contributed by atoms with Crippen molar-refractivity contribution in [2.24, 2.45) is 5.92 Å².